The second-order valence-electron chi connectivity index (χ2n) is 6.24. The van der Waals surface area contributed by atoms with Crippen molar-refractivity contribution in [2.24, 2.45) is 0 Å². The van der Waals surface area contributed by atoms with E-state index in [1.165, 1.54) is 0 Å². The molecule has 0 bridgehead atoms. The highest BCUT2D eigenvalue weighted by atomic mass is 16.7. The van der Waals surface area contributed by atoms with Gasteiger partial charge in [-0.05, 0) is 40.7 Å². The fraction of sp³-hybridized carbons (Fsp3) is 0.625. The highest BCUT2D eigenvalue weighted by molar-refractivity contribution is 6.63. The Bertz CT molecular complexity index is 526. The van der Waals surface area contributed by atoms with E-state index < -0.39 is 18.3 Å². The molecule has 0 radical (unpaired) electrons. The van der Waals surface area contributed by atoms with E-state index in [1.807, 2.05) is 46.8 Å². The van der Waals surface area contributed by atoms with Crippen LogP contribution in [0.15, 0.2) is 12.1 Å². The van der Waals surface area contributed by atoms with Gasteiger partial charge in [-0.2, -0.15) is 0 Å². The molecule has 5 nitrogen and oxygen atoms in total. The maximum absolute atomic E-state index is 6.11. The van der Waals surface area contributed by atoms with Gasteiger partial charge in [0.15, 0.2) is 11.5 Å². The lowest BCUT2D eigenvalue weighted by Gasteiger charge is -2.32. The van der Waals surface area contributed by atoms with Crippen LogP contribution in [0.5, 0.6) is 17.2 Å². The zero-order valence-corrected chi connectivity index (χ0v) is 14.5. The highest BCUT2D eigenvalue weighted by Gasteiger charge is 2.52. The third kappa shape index (κ3) is 2.77. The van der Waals surface area contributed by atoms with Crippen molar-refractivity contribution in [1.29, 1.82) is 0 Å². The molecule has 0 N–H and O–H groups in total. The molecule has 0 amide bonds. The first-order valence-electron chi connectivity index (χ1n) is 7.50. The maximum Gasteiger partial charge on any atom is 0.498 e. The van der Waals surface area contributed by atoms with Crippen LogP contribution in [0, 0.1) is 0 Å². The molecule has 122 valence electrons. The van der Waals surface area contributed by atoms with E-state index in [2.05, 4.69) is 0 Å². The van der Waals surface area contributed by atoms with Crippen LogP contribution in [0.4, 0.5) is 0 Å². The second kappa shape index (κ2) is 6.01. The summed E-state index contributed by atoms with van der Waals surface area (Å²) in [7, 11) is 2.68. The molecule has 0 aromatic heterocycles. The molecule has 1 aliphatic heterocycles. The molecule has 1 aromatic rings. The van der Waals surface area contributed by atoms with Gasteiger partial charge in [0.25, 0.3) is 0 Å². The molecule has 0 atom stereocenters. The van der Waals surface area contributed by atoms with E-state index in [-0.39, 0.29) is 0 Å². The van der Waals surface area contributed by atoms with Gasteiger partial charge in [0.2, 0.25) is 5.75 Å². The van der Waals surface area contributed by atoms with Gasteiger partial charge in [-0.3, -0.25) is 0 Å². The lowest BCUT2D eigenvalue weighted by atomic mass is 9.78. The fourth-order valence-electron chi connectivity index (χ4n) is 2.36. The zero-order valence-electron chi connectivity index (χ0n) is 14.5. The Hall–Kier alpha value is -1.40. The number of rotatable bonds is 5. The average Bonchev–Trinajstić information content (AvgIpc) is 2.66. The smallest absolute Gasteiger partial charge is 0.493 e. The van der Waals surface area contributed by atoms with Crippen LogP contribution in [0.2, 0.25) is 0 Å². The van der Waals surface area contributed by atoms with Crippen LogP contribution in [-0.4, -0.2) is 39.1 Å². The lowest BCUT2D eigenvalue weighted by molar-refractivity contribution is 0.00578. The van der Waals surface area contributed by atoms with Crippen molar-refractivity contribution in [2.45, 2.75) is 45.8 Å². The van der Waals surface area contributed by atoms with Crippen LogP contribution in [-0.2, 0) is 9.31 Å². The Morgan fingerprint density at radius 3 is 2.00 bits per heavy atom. The molecule has 1 heterocycles. The van der Waals surface area contributed by atoms with Gasteiger partial charge in [-0.1, -0.05) is 6.07 Å². The lowest BCUT2D eigenvalue weighted by Crippen LogP contribution is -2.41. The Labute approximate surface area is 133 Å². The van der Waals surface area contributed by atoms with E-state index >= 15 is 0 Å². The third-order valence-electron chi connectivity index (χ3n) is 4.33. The van der Waals surface area contributed by atoms with Crippen molar-refractivity contribution in [3.8, 4) is 17.2 Å². The summed E-state index contributed by atoms with van der Waals surface area (Å²) >= 11 is 0. The van der Waals surface area contributed by atoms with Crippen molar-refractivity contribution in [3.05, 3.63) is 12.1 Å². The minimum atomic E-state index is -0.508. The molecule has 22 heavy (non-hydrogen) atoms. The Kier molecular flexibility index (Phi) is 4.63. The quantitative estimate of drug-likeness (QED) is 0.782. The van der Waals surface area contributed by atoms with E-state index in [4.69, 9.17) is 23.5 Å². The molecule has 1 aromatic carbocycles. The second-order valence-corrected chi connectivity index (χ2v) is 6.24. The van der Waals surface area contributed by atoms with Gasteiger partial charge in [0.1, 0.15) is 0 Å². The van der Waals surface area contributed by atoms with Gasteiger partial charge < -0.3 is 23.5 Å². The molecule has 0 saturated carbocycles. The van der Waals surface area contributed by atoms with Gasteiger partial charge >= 0.3 is 7.12 Å². The minimum Gasteiger partial charge on any atom is -0.493 e. The first-order valence-corrected chi connectivity index (χ1v) is 7.50. The van der Waals surface area contributed by atoms with Gasteiger partial charge in [0.05, 0.1) is 32.0 Å². The van der Waals surface area contributed by atoms with Gasteiger partial charge in [0, 0.05) is 5.46 Å². The summed E-state index contributed by atoms with van der Waals surface area (Å²) in [4.78, 5) is 0. The summed E-state index contributed by atoms with van der Waals surface area (Å²) in [6.07, 6.45) is 0. The predicted molar refractivity (Wildman–Crippen MR) is 86.4 cm³/mol. The third-order valence-corrected chi connectivity index (χ3v) is 4.33. The van der Waals surface area contributed by atoms with Crippen molar-refractivity contribution in [3.63, 3.8) is 0 Å². The molecular weight excluding hydrogens is 283 g/mol. The van der Waals surface area contributed by atoms with E-state index in [1.54, 1.807) is 14.2 Å². The minimum absolute atomic E-state index is 0.408. The first-order chi connectivity index (χ1) is 10.3. The number of ether oxygens (including phenoxy) is 3. The molecule has 1 aliphatic rings. The zero-order chi connectivity index (χ0) is 16.5. The molecule has 1 fully saturated rings. The topological polar surface area (TPSA) is 46.2 Å². The maximum atomic E-state index is 6.11. The molecule has 0 spiro atoms. The summed E-state index contributed by atoms with van der Waals surface area (Å²) in [6, 6.07) is 3.73. The van der Waals surface area contributed by atoms with E-state index in [9.17, 15) is 0 Å². The van der Waals surface area contributed by atoms with Crippen LogP contribution in [0.1, 0.15) is 34.6 Å². The number of hydrogen-bond acceptors (Lipinski definition) is 5. The Balaban J connectivity index is 2.48. The summed E-state index contributed by atoms with van der Waals surface area (Å²) in [5.41, 5.74) is -0.0130. The molecule has 2 rings (SSSR count). The van der Waals surface area contributed by atoms with Crippen LogP contribution < -0.4 is 19.7 Å². The molecule has 6 heteroatoms. The standard InChI is InChI=1S/C16H25BO5/c1-8-20-13-11(9-10-12(18-6)14(13)19-7)17-21-15(2,3)16(4,5)22-17/h9-10H,8H2,1-7H3. The van der Waals surface area contributed by atoms with E-state index in [0.29, 0.717) is 23.9 Å². The average molecular weight is 308 g/mol. The van der Waals surface area contributed by atoms with Crippen molar-refractivity contribution >= 4 is 12.6 Å². The van der Waals surface area contributed by atoms with Crippen molar-refractivity contribution < 1.29 is 23.5 Å². The van der Waals surface area contributed by atoms with Crippen LogP contribution in [0.25, 0.3) is 0 Å². The Morgan fingerprint density at radius 2 is 1.55 bits per heavy atom. The highest BCUT2D eigenvalue weighted by Crippen LogP contribution is 2.40. The summed E-state index contributed by atoms with van der Waals surface area (Å²) in [5.74, 6) is 1.77. The van der Waals surface area contributed by atoms with Gasteiger partial charge in [-0.25, -0.2) is 0 Å². The largest absolute Gasteiger partial charge is 0.498 e. The number of benzene rings is 1. The monoisotopic (exact) mass is 308 g/mol. The molecule has 0 aliphatic carbocycles. The Morgan fingerprint density at radius 1 is 0.955 bits per heavy atom. The SMILES string of the molecule is CCOc1c(B2OC(C)(C)C(C)(C)O2)ccc(OC)c1OC. The molecule has 1 saturated heterocycles. The van der Waals surface area contributed by atoms with Gasteiger partial charge in [-0.15, -0.1) is 0 Å². The van der Waals surface area contributed by atoms with E-state index in [0.717, 1.165) is 5.46 Å². The first kappa shape index (κ1) is 17.0. The normalized spacial score (nSPS) is 19.1. The predicted octanol–water partition coefficient (Wildman–Crippen LogP) is 2.40. The van der Waals surface area contributed by atoms with Crippen LogP contribution >= 0.6 is 0 Å². The fourth-order valence-corrected chi connectivity index (χ4v) is 2.36. The summed E-state index contributed by atoms with van der Waals surface area (Å²) in [5, 5.41) is 0. The van der Waals surface area contributed by atoms with Crippen LogP contribution in [0.3, 0.4) is 0 Å². The number of hydrogen-bond donors (Lipinski definition) is 0. The van der Waals surface area contributed by atoms with Crippen molar-refractivity contribution in [2.75, 3.05) is 20.8 Å². The van der Waals surface area contributed by atoms with Crippen molar-refractivity contribution in [1.82, 2.24) is 0 Å². The number of methoxy groups -OCH3 is 2. The summed E-state index contributed by atoms with van der Waals surface area (Å²) in [6.45, 7) is 10.5. The molecular formula is C16H25BO5. The summed E-state index contributed by atoms with van der Waals surface area (Å²) < 4.78 is 28.8. The molecule has 0 unspecified atom stereocenters.